The molecule has 0 saturated carbocycles. The maximum absolute atomic E-state index is 6.29. The average molecular weight is 281 g/mol. The topological polar surface area (TPSA) is 42.1 Å². The van der Waals surface area contributed by atoms with Crippen molar-refractivity contribution < 1.29 is 0 Å². The number of nitrogens with two attached hydrogens (primary N) is 1. The Morgan fingerprint density at radius 3 is 2.24 bits per heavy atom. The van der Waals surface area contributed by atoms with Crippen molar-refractivity contribution >= 4 is 0 Å². The molecule has 0 aliphatic carbocycles. The highest BCUT2D eigenvalue weighted by Crippen LogP contribution is 2.26. The summed E-state index contributed by atoms with van der Waals surface area (Å²) in [5.41, 5.74) is 10.5. The number of aromatic nitrogens is 1. The lowest BCUT2D eigenvalue weighted by Crippen LogP contribution is -2.40. The molecule has 2 aromatic rings. The minimum absolute atomic E-state index is 0.0930. The molecule has 0 radical (unpaired) electrons. The lowest BCUT2D eigenvalue weighted by atomic mass is 10.0. The highest BCUT2D eigenvalue weighted by molar-refractivity contribution is 5.29. The van der Waals surface area contributed by atoms with Gasteiger partial charge in [-0.05, 0) is 42.5 Å². The van der Waals surface area contributed by atoms with Crippen molar-refractivity contribution in [2.45, 2.75) is 31.8 Å². The first-order chi connectivity index (χ1) is 10.3. The molecule has 1 aromatic heterocycles. The summed E-state index contributed by atoms with van der Waals surface area (Å²) in [4.78, 5) is 6.78. The zero-order valence-corrected chi connectivity index (χ0v) is 12.6. The standard InChI is InChI=1S/C18H23N3/c1-14(19)18(17-7-4-10-20-13-17)21-11-8-15-5-2-3-6-16(15)9-12-21/h2-7,10,13-14,18H,8-9,11-12,19H2,1H3. The van der Waals surface area contributed by atoms with Gasteiger partial charge in [-0.3, -0.25) is 9.88 Å². The Morgan fingerprint density at radius 2 is 1.71 bits per heavy atom. The number of benzene rings is 1. The van der Waals surface area contributed by atoms with Crippen LogP contribution in [0.2, 0.25) is 0 Å². The van der Waals surface area contributed by atoms with Gasteiger partial charge < -0.3 is 5.73 Å². The van der Waals surface area contributed by atoms with Crippen molar-refractivity contribution in [2.75, 3.05) is 13.1 Å². The Bertz CT molecular complexity index is 553. The second-order valence-corrected chi connectivity index (χ2v) is 5.89. The molecule has 2 heterocycles. The molecule has 1 aliphatic heterocycles. The highest BCUT2D eigenvalue weighted by Gasteiger charge is 2.25. The van der Waals surface area contributed by atoms with Gasteiger partial charge >= 0.3 is 0 Å². The molecule has 0 bridgehead atoms. The van der Waals surface area contributed by atoms with Crippen molar-refractivity contribution in [1.29, 1.82) is 0 Å². The number of pyridine rings is 1. The molecule has 0 fully saturated rings. The van der Waals surface area contributed by atoms with Gasteiger partial charge in [0.05, 0.1) is 6.04 Å². The van der Waals surface area contributed by atoms with E-state index in [1.165, 1.54) is 16.7 Å². The number of fused-ring (bicyclic) bond motifs is 1. The summed E-state index contributed by atoms with van der Waals surface area (Å²) in [6, 6.07) is 13.3. The van der Waals surface area contributed by atoms with E-state index in [0.717, 1.165) is 25.9 Å². The minimum atomic E-state index is 0.0930. The molecule has 110 valence electrons. The maximum atomic E-state index is 6.29. The SMILES string of the molecule is CC(N)C(c1cccnc1)N1CCc2ccccc2CC1. The molecule has 3 nitrogen and oxygen atoms in total. The van der Waals surface area contributed by atoms with E-state index in [9.17, 15) is 0 Å². The van der Waals surface area contributed by atoms with Gasteiger partial charge in [0.1, 0.15) is 0 Å². The van der Waals surface area contributed by atoms with Gasteiger partial charge in [0, 0.05) is 31.5 Å². The van der Waals surface area contributed by atoms with Crippen LogP contribution in [0.15, 0.2) is 48.8 Å². The number of nitrogens with zero attached hydrogens (tertiary/aromatic N) is 2. The predicted molar refractivity (Wildman–Crippen MR) is 86.1 cm³/mol. The van der Waals surface area contributed by atoms with Crippen LogP contribution in [0.3, 0.4) is 0 Å². The molecule has 21 heavy (non-hydrogen) atoms. The van der Waals surface area contributed by atoms with Gasteiger partial charge in [0.2, 0.25) is 0 Å². The fraction of sp³-hybridized carbons (Fsp3) is 0.389. The van der Waals surface area contributed by atoms with E-state index in [4.69, 9.17) is 5.73 Å². The summed E-state index contributed by atoms with van der Waals surface area (Å²) in [6.07, 6.45) is 5.96. The third-order valence-corrected chi connectivity index (χ3v) is 4.37. The fourth-order valence-corrected chi connectivity index (χ4v) is 3.36. The van der Waals surface area contributed by atoms with Gasteiger partial charge in [-0.25, -0.2) is 0 Å². The summed E-state index contributed by atoms with van der Waals surface area (Å²) in [5, 5.41) is 0. The lowest BCUT2D eigenvalue weighted by Gasteiger charge is -2.33. The number of hydrogen-bond acceptors (Lipinski definition) is 3. The van der Waals surface area contributed by atoms with E-state index in [0.29, 0.717) is 0 Å². The summed E-state index contributed by atoms with van der Waals surface area (Å²) < 4.78 is 0. The van der Waals surface area contributed by atoms with Crippen LogP contribution in [-0.4, -0.2) is 29.0 Å². The molecular weight excluding hydrogens is 258 g/mol. The first-order valence-electron chi connectivity index (χ1n) is 7.72. The normalized spacial score (nSPS) is 18.6. The van der Waals surface area contributed by atoms with Crippen LogP contribution in [0.5, 0.6) is 0 Å². The molecule has 3 heteroatoms. The summed E-state index contributed by atoms with van der Waals surface area (Å²) >= 11 is 0. The van der Waals surface area contributed by atoms with Crippen LogP contribution >= 0.6 is 0 Å². The summed E-state index contributed by atoms with van der Waals surface area (Å²) in [5.74, 6) is 0. The van der Waals surface area contributed by atoms with Crippen LogP contribution in [0, 0.1) is 0 Å². The molecular formula is C18H23N3. The van der Waals surface area contributed by atoms with Crippen LogP contribution in [0.25, 0.3) is 0 Å². The van der Waals surface area contributed by atoms with E-state index >= 15 is 0 Å². The van der Waals surface area contributed by atoms with E-state index in [2.05, 4.69) is 47.1 Å². The molecule has 3 rings (SSSR count). The number of rotatable bonds is 3. The molecule has 0 saturated heterocycles. The van der Waals surface area contributed by atoms with E-state index in [-0.39, 0.29) is 12.1 Å². The third kappa shape index (κ3) is 3.14. The highest BCUT2D eigenvalue weighted by atomic mass is 15.2. The average Bonchev–Trinajstić information content (AvgIpc) is 2.71. The van der Waals surface area contributed by atoms with Crippen molar-refractivity contribution in [2.24, 2.45) is 5.73 Å². The van der Waals surface area contributed by atoms with Crippen molar-refractivity contribution in [3.63, 3.8) is 0 Å². The van der Waals surface area contributed by atoms with Crippen LogP contribution < -0.4 is 5.73 Å². The van der Waals surface area contributed by atoms with Crippen molar-refractivity contribution in [3.8, 4) is 0 Å². The summed E-state index contributed by atoms with van der Waals surface area (Å²) in [6.45, 7) is 4.20. The van der Waals surface area contributed by atoms with Crippen LogP contribution in [-0.2, 0) is 12.8 Å². The Kier molecular flexibility index (Phi) is 4.32. The quantitative estimate of drug-likeness (QED) is 0.940. The van der Waals surface area contributed by atoms with Crippen LogP contribution in [0.1, 0.15) is 29.7 Å². The number of hydrogen-bond donors (Lipinski definition) is 1. The maximum Gasteiger partial charge on any atom is 0.0511 e. The Labute approximate surface area is 126 Å². The molecule has 2 N–H and O–H groups in total. The smallest absolute Gasteiger partial charge is 0.0511 e. The van der Waals surface area contributed by atoms with Crippen molar-refractivity contribution in [1.82, 2.24) is 9.88 Å². The van der Waals surface area contributed by atoms with Gasteiger partial charge in [0.25, 0.3) is 0 Å². The van der Waals surface area contributed by atoms with Gasteiger partial charge in [0.15, 0.2) is 0 Å². The van der Waals surface area contributed by atoms with Crippen molar-refractivity contribution in [3.05, 3.63) is 65.5 Å². The molecule has 1 aromatic carbocycles. The zero-order chi connectivity index (χ0) is 14.7. The Balaban J connectivity index is 1.83. The second kappa shape index (κ2) is 6.37. The minimum Gasteiger partial charge on any atom is -0.326 e. The molecule has 1 aliphatic rings. The monoisotopic (exact) mass is 281 g/mol. The largest absolute Gasteiger partial charge is 0.326 e. The fourth-order valence-electron chi connectivity index (χ4n) is 3.36. The van der Waals surface area contributed by atoms with E-state index < -0.39 is 0 Å². The Morgan fingerprint density at radius 1 is 1.05 bits per heavy atom. The lowest BCUT2D eigenvalue weighted by molar-refractivity contribution is 0.184. The van der Waals surface area contributed by atoms with E-state index in [1.54, 1.807) is 0 Å². The van der Waals surface area contributed by atoms with E-state index in [1.807, 2.05) is 18.5 Å². The predicted octanol–water partition coefficient (Wildman–Crippen LogP) is 2.57. The van der Waals surface area contributed by atoms with Gasteiger partial charge in [-0.2, -0.15) is 0 Å². The molecule has 0 amide bonds. The second-order valence-electron chi connectivity index (χ2n) is 5.89. The zero-order valence-electron chi connectivity index (χ0n) is 12.6. The Hall–Kier alpha value is -1.71. The third-order valence-electron chi connectivity index (χ3n) is 4.37. The van der Waals surface area contributed by atoms with Gasteiger partial charge in [-0.1, -0.05) is 30.3 Å². The molecule has 2 unspecified atom stereocenters. The first-order valence-corrected chi connectivity index (χ1v) is 7.72. The first kappa shape index (κ1) is 14.2. The molecule has 2 atom stereocenters. The summed E-state index contributed by atoms with van der Waals surface area (Å²) in [7, 11) is 0. The van der Waals surface area contributed by atoms with Crippen LogP contribution in [0.4, 0.5) is 0 Å². The molecule has 0 spiro atoms. The van der Waals surface area contributed by atoms with Gasteiger partial charge in [-0.15, -0.1) is 0 Å².